The van der Waals surface area contributed by atoms with E-state index in [1.54, 1.807) is 25.3 Å². The standard InChI is InChI=1S/C21H23NO5/c1-26-17-8-5-14(6-9-17)3-2-4-19(23)22-20(21(24)25)16-7-10-18-15(13-16)11-12-27-18/h5-10,13,20H,2-4,11-12H2,1H3,(H,22,23)(H,24,25). The van der Waals surface area contributed by atoms with Crippen LogP contribution in [0.15, 0.2) is 42.5 Å². The fraction of sp³-hybridized carbons (Fsp3) is 0.333. The number of nitrogens with one attached hydrogen (secondary N) is 1. The van der Waals surface area contributed by atoms with Crippen LogP contribution in [0.2, 0.25) is 0 Å². The highest BCUT2D eigenvalue weighted by Crippen LogP contribution is 2.28. The van der Waals surface area contributed by atoms with Crippen molar-refractivity contribution in [1.29, 1.82) is 0 Å². The van der Waals surface area contributed by atoms with Gasteiger partial charge in [-0.2, -0.15) is 0 Å². The molecule has 27 heavy (non-hydrogen) atoms. The van der Waals surface area contributed by atoms with E-state index in [2.05, 4.69) is 5.32 Å². The van der Waals surface area contributed by atoms with Crippen molar-refractivity contribution < 1.29 is 24.2 Å². The van der Waals surface area contributed by atoms with Gasteiger partial charge in [0.25, 0.3) is 0 Å². The van der Waals surface area contributed by atoms with Gasteiger partial charge in [-0.15, -0.1) is 0 Å². The molecule has 0 fully saturated rings. The molecule has 1 aliphatic heterocycles. The van der Waals surface area contributed by atoms with E-state index in [0.29, 0.717) is 18.6 Å². The monoisotopic (exact) mass is 369 g/mol. The van der Waals surface area contributed by atoms with Crippen molar-refractivity contribution in [3.8, 4) is 11.5 Å². The van der Waals surface area contributed by atoms with Crippen molar-refractivity contribution in [2.45, 2.75) is 31.7 Å². The number of rotatable bonds is 8. The lowest BCUT2D eigenvalue weighted by Crippen LogP contribution is -2.33. The van der Waals surface area contributed by atoms with E-state index in [0.717, 1.165) is 35.5 Å². The van der Waals surface area contributed by atoms with Crippen LogP contribution in [0.4, 0.5) is 0 Å². The summed E-state index contributed by atoms with van der Waals surface area (Å²) in [5, 5.41) is 12.1. The van der Waals surface area contributed by atoms with Crippen LogP contribution < -0.4 is 14.8 Å². The lowest BCUT2D eigenvalue weighted by molar-refractivity contribution is -0.142. The van der Waals surface area contributed by atoms with Crippen LogP contribution >= 0.6 is 0 Å². The molecule has 0 bridgehead atoms. The van der Waals surface area contributed by atoms with Crippen molar-refractivity contribution in [3.05, 3.63) is 59.2 Å². The fourth-order valence-electron chi connectivity index (χ4n) is 3.15. The minimum atomic E-state index is -1.07. The number of carboxylic acid groups (broad SMARTS) is 1. The van der Waals surface area contributed by atoms with Crippen LogP contribution in [0.1, 0.15) is 35.6 Å². The lowest BCUT2D eigenvalue weighted by Gasteiger charge is -2.16. The molecule has 1 amide bonds. The smallest absolute Gasteiger partial charge is 0.330 e. The van der Waals surface area contributed by atoms with Crippen LogP contribution in [0.25, 0.3) is 0 Å². The highest BCUT2D eigenvalue weighted by atomic mass is 16.5. The summed E-state index contributed by atoms with van der Waals surface area (Å²) in [6, 6.07) is 11.9. The molecule has 0 radical (unpaired) electrons. The zero-order valence-electron chi connectivity index (χ0n) is 15.2. The summed E-state index contributed by atoms with van der Waals surface area (Å²) in [7, 11) is 1.62. The molecule has 0 spiro atoms. The van der Waals surface area contributed by atoms with Gasteiger partial charge in [-0.3, -0.25) is 4.79 Å². The molecule has 6 nitrogen and oxygen atoms in total. The third-order valence-corrected chi connectivity index (χ3v) is 4.63. The summed E-state index contributed by atoms with van der Waals surface area (Å²) in [6.45, 7) is 0.605. The number of amides is 1. The largest absolute Gasteiger partial charge is 0.497 e. The van der Waals surface area contributed by atoms with E-state index >= 15 is 0 Å². The van der Waals surface area contributed by atoms with Crippen LogP contribution in [0.3, 0.4) is 0 Å². The Morgan fingerprint density at radius 1 is 1.22 bits per heavy atom. The van der Waals surface area contributed by atoms with E-state index in [1.165, 1.54) is 0 Å². The van der Waals surface area contributed by atoms with Crippen molar-refractivity contribution in [2.75, 3.05) is 13.7 Å². The second-order valence-corrected chi connectivity index (χ2v) is 6.51. The normalized spacial score (nSPS) is 13.4. The van der Waals surface area contributed by atoms with Crippen LogP contribution in [-0.4, -0.2) is 30.7 Å². The van der Waals surface area contributed by atoms with E-state index in [4.69, 9.17) is 9.47 Å². The van der Waals surface area contributed by atoms with Crippen molar-refractivity contribution in [3.63, 3.8) is 0 Å². The maximum atomic E-state index is 12.2. The average Bonchev–Trinajstić information content (AvgIpc) is 3.14. The van der Waals surface area contributed by atoms with Crippen LogP contribution in [0.5, 0.6) is 11.5 Å². The number of ether oxygens (including phenoxy) is 2. The highest BCUT2D eigenvalue weighted by Gasteiger charge is 2.24. The van der Waals surface area contributed by atoms with Gasteiger partial charge in [0, 0.05) is 12.8 Å². The first-order valence-electron chi connectivity index (χ1n) is 8.97. The first-order chi connectivity index (χ1) is 13.1. The van der Waals surface area contributed by atoms with Crippen LogP contribution in [0, 0.1) is 0 Å². The summed E-state index contributed by atoms with van der Waals surface area (Å²) in [4.78, 5) is 23.9. The zero-order chi connectivity index (χ0) is 19.2. The quantitative estimate of drug-likeness (QED) is 0.747. The third-order valence-electron chi connectivity index (χ3n) is 4.63. The molecule has 1 atom stereocenters. The maximum absolute atomic E-state index is 12.2. The maximum Gasteiger partial charge on any atom is 0.330 e. The topological polar surface area (TPSA) is 84.9 Å². The summed E-state index contributed by atoms with van der Waals surface area (Å²) in [5.74, 6) is 0.235. The average molecular weight is 369 g/mol. The van der Waals surface area contributed by atoms with Gasteiger partial charge in [0.15, 0.2) is 6.04 Å². The van der Waals surface area contributed by atoms with Crippen molar-refractivity contribution in [2.24, 2.45) is 0 Å². The van der Waals surface area contributed by atoms with Gasteiger partial charge in [-0.25, -0.2) is 4.79 Å². The van der Waals surface area contributed by atoms with Crippen molar-refractivity contribution in [1.82, 2.24) is 5.32 Å². The Labute approximate surface area is 158 Å². The first kappa shape index (κ1) is 18.8. The predicted octanol–water partition coefficient (Wildman–Crippen LogP) is 2.89. The van der Waals surface area contributed by atoms with Gasteiger partial charge in [0.1, 0.15) is 11.5 Å². The SMILES string of the molecule is COc1ccc(CCCC(=O)NC(C(=O)O)c2ccc3c(c2)CCO3)cc1. The molecule has 1 unspecified atom stereocenters. The molecule has 2 N–H and O–H groups in total. The van der Waals surface area contributed by atoms with Gasteiger partial charge in [-0.1, -0.05) is 18.2 Å². The molecule has 1 heterocycles. The van der Waals surface area contributed by atoms with Gasteiger partial charge >= 0.3 is 5.97 Å². The molecule has 1 aliphatic rings. The minimum Gasteiger partial charge on any atom is -0.497 e. The Balaban J connectivity index is 1.54. The lowest BCUT2D eigenvalue weighted by atomic mass is 10.0. The number of aliphatic carboxylic acids is 1. The Kier molecular flexibility index (Phi) is 5.96. The number of carbonyl (C=O) groups excluding carboxylic acids is 1. The molecular formula is C21H23NO5. The number of aryl methyl sites for hydroxylation is 1. The van der Waals surface area contributed by atoms with E-state index < -0.39 is 12.0 Å². The Morgan fingerprint density at radius 3 is 2.70 bits per heavy atom. The van der Waals surface area contributed by atoms with E-state index in [1.807, 2.05) is 24.3 Å². The third kappa shape index (κ3) is 4.78. The van der Waals surface area contributed by atoms with Crippen LogP contribution in [-0.2, 0) is 22.4 Å². The molecule has 142 valence electrons. The molecule has 0 aromatic heterocycles. The summed E-state index contributed by atoms with van der Waals surface area (Å²) in [6.07, 6.45) is 2.41. The summed E-state index contributed by atoms with van der Waals surface area (Å²) < 4.78 is 10.6. The highest BCUT2D eigenvalue weighted by molar-refractivity contribution is 5.84. The molecule has 0 aliphatic carbocycles. The Hall–Kier alpha value is -3.02. The number of carbonyl (C=O) groups is 2. The minimum absolute atomic E-state index is 0.268. The zero-order valence-corrected chi connectivity index (χ0v) is 15.2. The van der Waals surface area contributed by atoms with Gasteiger partial charge in [0.2, 0.25) is 5.91 Å². The first-order valence-corrected chi connectivity index (χ1v) is 8.97. The van der Waals surface area contributed by atoms with E-state index in [9.17, 15) is 14.7 Å². The summed E-state index contributed by atoms with van der Waals surface area (Å²) in [5.41, 5.74) is 2.65. The number of carboxylic acids is 1. The summed E-state index contributed by atoms with van der Waals surface area (Å²) >= 11 is 0. The number of hydrogen-bond acceptors (Lipinski definition) is 4. The fourth-order valence-corrected chi connectivity index (χ4v) is 3.15. The van der Waals surface area contributed by atoms with Gasteiger partial charge in [0.05, 0.1) is 13.7 Å². The number of hydrogen-bond donors (Lipinski definition) is 2. The molecule has 2 aromatic rings. The molecule has 6 heteroatoms. The molecule has 0 saturated heterocycles. The number of methoxy groups -OCH3 is 1. The van der Waals surface area contributed by atoms with E-state index in [-0.39, 0.29) is 12.3 Å². The number of fused-ring (bicyclic) bond motifs is 1. The van der Waals surface area contributed by atoms with Gasteiger partial charge < -0.3 is 19.9 Å². The second-order valence-electron chi connectivity index (χ2n) is 6.51. The molecule has 2 aromatic carbocycles. The Bertz CT molecular complexity index is 816. The number of benzene rings is 2. The van der Waals surface area contributed by atoms with Crippen molar-refractivity contribution >= 4 is 11.9 Å². The predicted molar refractivity (Wildman–Crippen MR) is 100 cm³/mol. The van der Waals surface area contributed by atoms with Gasteiger partial charge in [-0.05, 0) is 53.8 Å². The Morgan fingerprint density at radius 2 is 2.00 bits per heavy atom. The molecule has 0 saturated carbocycles. The second kappa shape index (κ2) is 8.58. The molecule has 3 rings (SSSR count). The molecular weight excluding hydrogens is 346 g/mol.